The monoisotopic (exact) mass is 333 g/mol. The van der Waals surface area contributed by atoms with Gasteiger partial charge in [0.25, 0.3) is 0 Å². The van der Waals surface area contributed by atoms with Crippen LogP contribution >= 0.6 is 0 Å². The fraction of sp³-hybridized carbons (Fsp3) is 0.500. The van der Waals surface area contributed by atoms with E-state index in [9.17, 15) is 4.39 Å². The molecule has 1 aromatic carbocycles. The van der Waals surface area contributed by atoms with Crippen LogP contribution in [0.4, 0.5) is 4.39 Å². The molecule has 2 rings (SSSR count). The van der Waals surface area contributed by atoms with Gasteiger partial charge in [0, 0.05) is 49.3 Å². The number of hydrogen-bond donors (Lipinski definition) is 4. The standard InChI is InChI=1S/C18H28FN5/c1-18(2,3)24-10-9-22-17(20-4)21-8-7-13-12-23-16-11-14(19)5-6-15(13)16/h5-6,11-12,23-24H,7-10H2,1-4H3,(H2,20,21,22). The number of guanidine groups is 1. The number of aliphatic imine (C=N–C) groups is 1. The van der Waals surface area contributed by atoms with Crippen molar-refractivity contribution in [2.75, 3.05) is 26.7 Å². The third-order valence-electron chi connectivity index (χ3n) is 3.71. The summed E-state index contributed by atoms with van der Waals surface area (Å²) in [5, 5.41) is 11.1. The normalized spacial score (nSPS) is 12.6. The SMILES string of the molecule is CN=C(NCCNC(C)(C)C)NCCc1c[nH]c2cc(F)ccc12. The number of nitrogens with zero attached hydrogens (tertiary/aromatic N) is 1. The fourth-order valence-corrected chi connectivity index (χ4v) is 2.52. The summed E-state index contributed by atoms with van der Waals surface area (Å²) in [6, 6.07) is 4.84. The Labute approximate surface area is 143 Å². The summed E-state index contributed by atoms with van der Waals surface area (Å²) in [6.07, 6.45) is 2.78. The van der Waals surface area contributed by atoms with Crippen molar-refractivity contribution in [3.63, 3.8) is 0 Å². The van der Waals surface area contributed by atoms with E-state index in [4.69, 9.17) is 0 Å². The largest absolute Gasteiger partial charge is 0.361 e. The Balaban J connectivity index is 1.77. The molecule has 24 heavy (non-hydrogen) atoms. The van der Waals surface area contributed by atoms with Crippen molar-refractivity contribution in [3.8, 4) is 0 Å². The second-order valence-corrected chi connectivity index (χ2v) is 6.86. The molecule has 5 nitrogen and oxygen atoms in total. The molecule has 0 aliphatic heterocycles. The van der Waals surface area contributed by atoms with E-state index < -0.39 is 0 Å². The van der Waals surface area contributed by atoms with E-state index in [0.29, 0.717) is 0 Å². The number of aromatic nitrogens is 1. The second-order valence-electron chi connectivity index (χ2n) is 6.86. The molecule has 6 heteroatoms. The van der Waals surface area contributed by atoms with Crippen LogP contribution in [0.1, 0.15) is 26.3 Å². The number of benzene rings is 1. The molecule has 4 N–H and O–H groups in total. The number of fused-ring (bicyclic) bond motifs is 1. The fourth-order valence-electron chi connectivity index (χ4n) is 2.52. The molecule has 0 amide bonds. The van der Waals surface area contributed by atoms with E-state index in [1.54, 1.807) is 7.05 Å². The first kappa shape index (κ1) is 18.3. The molecule has 0 bridgehead atoms. The Hall–Kier alpha value is -2.08. The number of aromatic amines is 1. The molecule has 0 aliphatic rings. The molecular formula is C18H28FN5. The molecule has 0 spiro atoms. The molecule has 0 aliphatic carbocycles. The van der Waals surface area contributed by atoms with Crippen molar-refractivity contribution in [2.45, 2.75) is 32.7 Å². The third kappa shape index (κ3) is 5.53. The lowest BCUT2D eigenvalue weighted by atomic mass is 10.1. The zero-order valence-corrected chi connectivity index (χ0v) is 15.0. The molecule has 0 unspecified atom stereocenters. The number of H-pyrrole nitrogens is 1. The van der Waals surface area contributed by atoms with E-state index >= 15 is 0 Å². The summed E-state index contributed by atoms with van der Waals surface area (Å²) in [5.41, 5.74) is 2.12. The van der Waals surface area contributed by atoms with Gasteiger partial charge in [0.2, 0.25) is 0 Å². The Kier molecular flexibility index (Phi) is 6.20. The van der Waals surface area contributed by atoms with Crippen LogP contribution in [0.2, 0.25) is 0 Å². The minimum Gasteiger partial charge on any atom is -0.361 e. The van der Waals surface area contributed by atoms with Crippen LogP contribution in [0.5, 0.6) is 0 Å². The quantitative estimate of drug-likeness (QED) is 0.373. The Morgan fingerprint density at radius 3 is 2.62 bits per heavy atom. The van der Waals surface area contributed by atoms with Gasteiger partial charge in [-0.15, -0.1) is 0 Å². The first-order chi connectivity index (χ1) is 11.4. The van der Waals surface area contributed by atoms with Gasteiger partial charge in [-0.2, -0.15) is 0 Å². The molecule has 1 aromatic heterocycles. The molecule has 0 atom stereocenters. The first-order valence-electron chi connectivity index (χ1n) is 8.34. The van der Waals surface area contributed by atoms with Crippen LogP contribution in [0, 0.1) is 5.82 Å². The number of nitrogens with one attached hydrogen (secondary N) is 4. The number of rotatable bonds is 6. The lowest BCUT2D eigenvalue weighted by Gasteiger charge is -2.21. The summed E-state index contributed by atoms with van der Waals surface area (Å²) in [6.45, 7) is 8.88. The van der Waals surface area contributed by atoms with Gasteiger partial charge in [-0.25, -0.2) is 4.39 Å². The highest BCUT2D eigenvalue weighted by molar-refractivity contribution is 5.83. The molecule has 0 fully saturated rings. The predicted molar refractivity (Wildman–Crippen MR) is 99.1 cm³/mol. The van der Waals surface area contributed by atoms with Gasteiger partial charge in [0.1, 0.15) is 5.82 Å². The van der Waals surface area contributed by atoms with Crippen molar-refractivity contribution < 1.29 is 4.39 Å². The second kappa shape index (κ2) is 8.15. The maximum atomic E-state index is 13.2. The number of halogens is 1. The van der Waals surface area contributed by atoms with E-state index in [1.807, 2.05) is 12.3 Å². The lowest BCUT2D eigenvalue weighted by molar-refractivity contribution is 0.428. The zero-order valence-electron chi connectivity index (χ0n) is 15.0. The molecule has 132 valence electrons. The Morgan fingerprint density at radius 1 is 1.17 bits per heavy atom. The van der Waals surface area contributed by atoms with Crippen molar-refractivity contribution in [1.29, 1.82) is 0 Å². The molecule has 0 saturated heterocycles. The topological polar surface area (TPSA) is 64.2 Å². The van der Waals surface area contributed by atoms with Crippen LogP contribution in [0.25, 0.3) is 10.9 Å². The highest BCUT2D eigenvalue weighted by Crippen LogP contribution is 2.19. The van der Waals surface area contributed by atoms with Crippen molar-refractivity contribution in [2.24, 2.45) is 4.99 Å². The Bertz CT molecular complexity index is 684. The Morgan fingerprint density at radius 2 is 1.92 bits per heavy atom. The minimum absolute atomic E-state index is 0.118. The predicted octanol–water partition coefficient (Wildman–Crippen LogP) is 2.40. The van der Waals surface area contributed by atoms with Crippen LogP contribution < -0.4 is 16.0 Å². The molecule has 2 aromatic rings. The van der Waals surface area contributed by atoms with Crippen molar-refractivity contribution >= 4 is 16.9 Å². The van der Waals surface area contributed by atoms with Gasteiger partial charge in [-0.1, -0.05) is 0 Å². The zero-order chi connectivity index (χ0) is 17.6. The highest BCUT2D eigenvalue weighted by Gasteiger charge is 2.08. The number of hydrogen-bond acceptors (Lipinski definition) is 2. The molecule has 1 heterocycles. The average Bonchev–Trinajstić information content (AvgIpc) is 2.90. The summed E-state index contributed by atoms with van der Waals surface area (Å²) < 4.78 is 13.2. The maximum Gasteiger partial charge on any atom is 0.191 e. The van der Waals surface area contributed by atoms with Gasteiger partial charge < -0.3 is 20.9 Å². The molecule has 0 saturated carbocycles. The minimum atomic E-state index is -0.220. The van der Waals surface area contributed by atoms with Crippen LogP contribution in [0.3, 0.4) is 0 Å². The highest BCUT2D eigenvalue weighted by atomic mass is 19.1. The van der Waals surface area contributed by atoms with Gasteiger partial charge >= 0.3 is 0 Å². The smallest absolute Gasteiger partial charge is 0.191 e. The van der Waals surface area contributed by atoms with Gasteiger partial charge in [-0.3, -0.25) is 4.99 Å². The van der Waals surface area contributed by atoms with E-state index in [1.165, 1.54) is 17.7 Å². The summed E-state index contributed by atoms with van der Waals surface area (Å²) in [5.74, 6) is 0.569. The summed E-state index contributed by atoms with van der Waals surface area (Å²) in [7, 11) is 1.76. The van der Waals surface area contributed by atoms with Crippen LogP contribution in [0.15, 0.2) is 29.4 Å². The molecular weight excluding hydrogens is 305 g/mol. The maximum absolute atomic E-state index is 13.2. The summed E-state index contributed by atoms with van der Waals surface area (Å²) in [4.78, 5) is 7.34. The molecule has 0 radical (unpaired) electrons. The first-order valence-corrected chi connectivity index (χ1v) is 8.34. The van der Waals surface area contributed by atoms with Crippen LogP contribution in [-0.2, 0) is 6.42 Å². The van der Waals surface area contributed by atoms with E-state index in [2.05, 4.69) is 46.7 Å². The third-order valence-corrected chi connectivity index (χ3v) is 3.71. The van der Waals surface area contributed by atoms with E-state index in [-0.39, 0.29) is 11.4 Å². The van der Waals surface area contributed by atoms with Crippen molar-refractivity contribution in [1.82, 2.24) is 20.9 Å². The van der Waals surface area contributed by atoms with Gasteiger partial charge in [0.15, 0.2) is 5.96 Å². The lowest BCUT2D eigenvalue weighted by Crippen LogP contribution is -2.44. The van der Waals surface area contributed by atoms with E-state index in [0.717, 1.165) is 42.9 Å². The average molecular weight is 333 g/mol. The summed E-state index contributed by atoms with van der Waals surface area (Å²) >= 11 is 0. The van der Waals surface area contributed by atoms with Gasteiger partial charge in [0.05, 0.1) is 0 Å². The van der Waals surface area contributed by atoms with Crippen molar-refractivity contribution in [3.05, 3.63) is 35.8 Å². The van der Waals surface area contributed by atoms with Crippen LogP contribution in [-0.4, -0.2) is 43.2 Å². The van der Waals surface area contributed by atoms with Gasteiger partial charge in [-0.05, 0) is 51.0 Å².